The van der Waals surface area contributed by atoms with Crippen molar-refractivity contribution in [3.63, 3.8) is 0 Å². The minimum absolute atomic E-state index is 0.101. The molecule has 8 heteroatoms. The summed E-state index contributed by atoms with van der Waals surface area (Å²) in [6.45, 7) is 5.29. The Kier molecular flexibility index (Phi) is 8.22. The Labute approximate surface area is 208 Å². The third-order valence-corrected chi connectivity index (χ3v) is 5.82. The number of anilines is 2. The van der Waals surface area contributed by atoms with Crippen LogP contribution in [0.15, 0.2) is 96.7 Å². The number of nitrogens with zero attached hydrogens (tertiary/aromatic N) is 1. The van der Waals surface area contributed by atoms with Gasteiger partial charge in [0.1, 0.15) is 11.4 Å². The number of likely N-dealkylation sites (N-methyl/N-ethyl adjacent to an activating group) is 1. The molecule has 1 unspecified atom stereocenters. The number of hydrogen-bond donors (Lipinski definition) is 3. The number of phenolic OH excluding ortho intramolecular Hbond substituents is 1. The average molecular weight is 496 g/mol. The second-order valence-electron chi connectivity index (χ2n) is 8.38. The van der Waals surface area contributed by atoms with Crippen LogP contribution in [0, 0.1) is 0 Å². The van der Waals surface area contributed by atoms with Gasteiger partial charge in [0.2, 0.25) is 0 Å². The zero-order valence-corrected chi connectivity index (χ0v) is 20.0. The summed E-state index contributed by atoms with van der Waals surface area (Å²) in [6, 6.07) is 20.8. The molecule has 0 aliphatic rings. The highest BCUT2D eigenvalue weighted by atomic mass is 19.4. The van der Waals surface area contributed by atoms with Gasteiger partial charge >= 0.3 is 6.18 Å². The summed E-state index contributed by atoms with van der Waals surface area (Å²) in [5, 5.41) is 12.5. The van der Waals surface area contributed by atoms with E-state index in [0.717, 1.165) is 22.8 Å². The summed E-state index contributed by atoms with van der Waals surface area (Å²) >= 11 is 0. The Balaban J connectivity index is 1.92. The van der Waals surface area contributed by atoms with Crippen LogP contribution in [0.25, 0.3) is 0 Å². The Morgan fingerprint density at radius 3 is 2.36 bits per heavy atom. The van der Waals surface area contributed by atoms with Gasteiger partial charge in [0, 0.05) is 30.9 Å². The lowest BCUT2D eigenvalue weighted by Gasteiger charge is -2.24. The van der Waals surface area contributed by atoms with E-state index in [2.05, 4.69) is 11.9 Å². The van der Waals surface area contributed by atoms with Gasteiger partial charge in [0.05, 0.1) is 5.57 Å². The highest BCUT2D eigenvalue weighted by Gasteiger charge is 2.32. The van der Waals surface area contributed by atoms with Gasteiger partial charge < -0.3 is 21.1 Å². The van der Waals surface area contributed by atoms with Crippen molar-refractivity contribution in [2.75, 3.05) is 17.3 Å². The molecule has 0 heterocycles. The van der Waals surface area contributed by atoms with E-state index in [9.17, 15) is 23.1 Å². The van der Waals surface area contributed by atoms with Gasteiger partial charge in [-0.2, -0.15) is 13.2 Å². The molecule has 3 rings (SSSR count). The minimum atomic E-state index is -4.69. The predicted octanol–water partition coefficient (Wildman–Crippen LogP) is 6.08. The maximum absolute atomic E-state index is 13.3. The number of benzene rings is 3. The van der Waals surface area contributed by atoms with E-state index in [1.165, 1.54) is 11.9 Å². The number of nitrogens with one attached hydrogen (secondary N) is 1. The van der Waals surface area contributed by atoms with E-state index < -0.39 is 17.7 Å². The highest BCUT2D eigenvalue weighted by molar-refractivity contribution is 6.06. The molecular weight excluding hydrogens is 467 g/mol. The van der Waals surface area contributed by atoms with Crippen molar-refractivity contribution in [3.05, 3.63) is 113 Å². The molecule has 1 atom stereocenters. The van der Waals surface area contributed by atoms with E-state index in [1.54, 1.807) is 60.7 Å². The molecule has 3 aromatic rings. The monoisotopic (exact) mass is 495 g/mol. The van der Waals surface area contributed by atoms with E-state index in [1.807, 2.05) is 19.1 Å². The third kappa shape index (κ3) is 6.55. The molecule has 0 aliphatic heterocycles. The maximum atomic E-state index is 13.3. The Hall–Kier alpha value is -4.04. The topological polar surface area (TPSA) is 78.6 Å². The second kappa shape index (κ2) is 11.1. The molecule has 36 heavy (non-hydrogen) atoms. The molecular formula is C28H28F3N3O2. The Morgan fingerprint density at radius 2 is 1.72 bits per heavy atom. The summed E-state index contributed by atoms with van der Waals surface area (Å²) in [5.74, 6) is -0.691. The molecule has 4 N–H and O–H groups in total. The van der Waals surface area contributed by atoms with Crippen LogP contribution in [0.2, 0.25) is 0 Å². The number of hydrogen-bond acceptors (Lipinski definition) is 4. The summed E-state index contributed by atoms with van der Waals surface area (Å²) in [6.07, 6.45) is -3.97. The van der Waals surface area contributed by atoms with Gasteiger partial charge in [-0.15, -0.1) is 0 Å². The smallest absolute Gasteiger partial charge is 0.415 e. The largest absolute Gasteiger partial charge is 0.508 e. The van der Waals surface area contributed by atoms with Crippen LogP contribution in [0.4, 0.5) is 24.5 Å². The fourth-order valence-corrected chi connectivity index (χ4v) is 3.66. The summed E-state index contributed by atoms with van der Waals surface area (Å²) in [7, 11) is 1.51. The average Bonchev–Trinajstić information content (AvgIpc) is 2.85. The number of allylic oxidation sites excluding steroid dienone is 2. The predicted molar refractivity (Wildman–Crippen MR) is 137 cm³/mol. The van der Waals surface area contributed by atoms with Crippen molar-refractivity contribution < 1.29 is 23.1 Å². The summed E-state index contributed by atoms with van der Waals surface area (Å²) in [5.41, 5.74) is 7.71. The first-order valence-corrected chi connectivity index (χ1v) is 11.2. The number of nitrogens with two attached hydrogens (primary N) is 1. The molecule has 0 bridgehead atoms. The van der Waals surface area contributed by atoms with E-state index in [4.69, 9.17) is 5.73 Å². The number of rotatable bonds is 8. The highest BCUT2D eigenvalue weighted by Crippen LogP contribution is 2.30. The molecule has 0 aromatic heterocycles. The molecule has 5 nitrogen and oxygen atoms in total. The molecule has 0 spiro atoms. The first-order chi connectivity index (χ1) is 17.0. The number of carbonyl (C=O) groups is 1. The van der Waals surface area contributed by atoms with Crippen LogP contribution >= 0.6 is 0 Å². The van der Waals surface area contributed by atoms with Crippen LogP contribution in [0.5, 0.6) is 5.75 Å². The van der Waals surface area contributed by atoms with Crippen molar-refractivity contribution in [2.24, 2.45) is 5.73 Å². The zero-order chi connectivity index (χ0) is 26.5. The molecule has 0 saturated heterocycles. The number of carbonyl (C=O) groups excluding carboxylic acids is 1. The SMILES string of the molecule is C=C(/C=C(/C(=O)Nc1cccc(C(C)c2cccc(O)c2)c1)N(C)c1cccc(CN)c1)C(F)(F)F. The lowest BCUT2D eigenvalue weighted by molar-refractivity contribution is -0.112. The number of aromatic hydroxyl groups is 1. The number of halogens is 3. The normalized spacial score (nSPS) is 12.7. The number of amides is 1. The van der Waals surface area contributed by atoms with Crippen LogP contribution in [0.3, 0.4) is 0 Å². The van der Waals surface area contributed by atoms with Gasteiger partial charge in [-0.3, -0.25) is 4.79 Å². The maximum Gasteiger partial charge on any atom is 0.415 e. The third-order valence-electron chi connectivity index (χ3n) is 5.82. The lowest BCUT2D eigenvalue weighted by atomic mass is 9.93. The van der Waals surface area contributed by atoms with E-state index in [-0.39, 0.29) is 23.9 Å². The summed E-state index contributed by atoms with van der Waals surface area (Å²) < 4.78 is 39.9. The van der Waals surface area contributed by atoms with Crippen molar-refractivity contribution in [1.29, 1.82) is 0 Å². The van der Waals surface area contributed by atoms with Crippen LogP contribution in [-0.2, 0) is 11.3 Å². The van der Waals surface area contributed by atoms with Crippen LogP contribution in [-0.4, -0.2) is 24.2 Å². The molecule has 0 fully saturated rings. The van der Waals surface area contributed by atoms with Crippen LogP contribution in [0.1, 0.15) is 29.5 Å². The van der Waals surface area contributed by atoms with Gasteiger partial charge in [-0.25, -0.2) is 0 Å². The zero-order valence-electron chi connectivity index (χ0n) is 20.0. The van der Waals surface area contributed by atoms with Crippen molar-refractivity contribution >= 4 is 17.3 Å². The Morgan fingerprint density at radius 1 is 1.08 bits per heavy atom. The molecule has 0 saturated carbocycles. The minimum Gasteiger partial charge on any atom is -0.508 e. The van der Waals surface area contributed by atoms with Gasteiger partial charge in [0.25, 0.3) is 5.91 Å². The molecule has 0 radical (unpaired) electrons. The standard InChI is InChI=1S/C28H28F3N3O2/c1-18(28(29,30)31)13-26(34(3)24-11-4-7-20(14-24)17-32)27(36)33-23-10-5-8-21(15-23)19(2)22-9-6-12-25(35)16-22/h4-16,19,35H,1,17,32H2,2-3H3,(H,33,36)/b26-13-. The lowest BCUT2D eigenvalue weighted by Crippen LogP contribution is -2.29. The van der Waals surface area contributed by atoms with Crippen molar-refractivity contribution in [3.8, 4) is 5.75 Å². The van der Waals surface area contributed by atoms with Gasteiger partial charge in [-0.1, -0.05) is 49.9 Å². The first-order valence-electron chi connectivity index (χ1n) is 11.2. The number of phenols is 1. The van der Waals surface area contributed by atoms with Crippen LogP contribution < -0.4 is 16.0 Å². The molecule has 3 aromatic carbocycles. The van der Waals surface area contributed by atoms with Gasteiger partial charge in [-0.05, 0) is 59.2 Å². The quantitative estimate of drug-likeness (QED) is 0.261. The molecule has 0 aliphatic carbocycles. The van der Waals surface area contributed by atoms with Crippen molar-refractivity contribution in [2.45, 2.75) is 25.6 Å². The molecule has 1 amide bonds. The van der Waals surface area contributed by atoms with Gasteiger partial charge in [0.15, 0.2) is 0 Å². The number of alkyl halides is 3. The molecule has 188 valence electrons. The van der Waals surface area contributed by atoms with E-state index >= 15 is 0 Å². The Bertz CT molecular complexity index is 1280. The first kappa shape index (κ1) is 26.6. The van der Waals surface area contributed by atoms with E-state index in [0.29, 0.717) is 11.4 Å². The second-order valence-corrected chi connectivity index (χ2v) is 8.38. The fourth-order valence-electron chi connectivity index (χ4n) is 3.66. The van der Waals surface area contributed by atoms with Crippen molar-refractivity contribution in [1.82, 2.24) is 0 Å². The summed E-state index contributed by atoms with van der Waals surface area (Å²) in [4.78, 5) is 14.6. The fraction of sp³-hybridized carbons (Fsp3) is 0.179.